The lowest BCUT2D eigenvalue weighted by Crippen LogP contribution is -2.12. The largest absolute Gasteiger partial charge is 0.350 e. The first-order valence-electron chi connectivity index (χ1n) is 4.77. The monoisotopic (exact) mass is 205 g/mol. The topological polar surface area (TPSA) is 22.0 Å². The third kappa shape index (κ3) is 1.35. The molecule has 0 saturated heterocycles. The predicted octanol–water partition coefficient (Wildman–Crippen LogP) is 2.29. The van der Waals surface area contributed by atoms with Crippen molar-refractivity contribution in [3.63, 3.8) is 0 Å². The Balaban J connectivity index is 3.16. The second-order valence-corrected chi connectivity index (χ2v) is 3.84. The molecule has 0 saturated carbocycles. The van der Waals surface area contributed by atoms with Gasteiger partial charge >= 0.3 is 0 Å². The summed E-state index contributed by atoms with van der Waals surface area (Å²) in [6, 6.07) is 3.03. The van der Waals surface area contributed by atoms with E-state index in [-0.39, 0.29) is 10.8 Å². The van der Waals surface area contributed by atoms with Gasteiger partial charge < -0.3 is 4.57 Å². The van der Waals surface area contributed by atoms with Crippen molar-refractivity contribution >= 4 is 10.9 Å². The molecule has 1 aromatic carbocycles. The average molecular weight is 205 g/mol. The highest BCUT2D eigenvalue weighted by Gasteiger charge is 2.10. The Morgan fingerprint density at radius 1 is 1.20 bits per heavy atom. The molecule has 1 aromatic heterocycles. The fourth-order valence-electron chi connectivity index (χ4n) is 1.95. The zero-order valence-corrected chi connectivity index (χ0v) is 8.97. The van der Waals surface area contributed by atoms with Gasteiger partial charge in [0.1, 0.15) is 5.82 Å². The Hall–Kier alpha value is -1.64. The number of benzene rings is 1. The lowest BCUT2D eigenvalue weighted by molar-refractivity contribution is 0.637. The van der Waals surface area contributed by atoms with Crippen LogP contribution >= 0.6 is 0 Å². The van der Waals surface area contributed by atoms with E-state index >= 15 is 0 Å². The Morgan fingerprint density at radius 2 is 1.87 bits per heavy atom. The molecule has 0 radical (unpaired) electrons. The van der Waals surface area contributed by atoms with Gasteiger partial charge in [-0.15, -0.1) is 0 Å². The normalized spacial score (nSPS) is 10.9. The van der Waals surface area contributed by atoms with E-state index < -0.39 is 5.82 Å². The summed E-state index contributed by atoms with van der Waals surface area (Å²) in [5.41, 5.74) is 1.93. The van der Waals surface area contributed by atoms with Gasteiger partial charge in [0, 0.05) is 18.8 Å². The second-order valence-electron chi connectivity index (χ2n) is 3.84. The maximum Gasteiger partial charge on any atom is 0.195 e. The average Bonchev–Trinajstić information content (AvgIpc) is 2.18. The molecule has 0 atom stereocenters. The van der Waals surface area contributed by atoms with Crippen LogP contribution in [0.3, 0.4) is 0 Å². The van der Waals surface area contributed by atoms with Crippen LogP contribution in [-0.2, 0) is 7.05 Å². The van der Waals surface area contributed by atoms with Crippen LogP contribution in [0.25, 0.3) is 10.9 Å². The molecule has 2 nitrogen and oxygen atoms in total. The molecular weight excluding hydrogens is 193 g/mol. The van der Waals surface area contributed by atoms with Gasteiger partial charge in [0.15, 0.2) is 5.43 Å². The first-order chi connectivity index (χ1) is 7.02. The van der Waals surface area contributed by atoms with Crippen molar-refractivity contribution in [2.75, 3.05) is 0 Å². The smallest absolute Gasteiger partial charge is 0.195 e. The van der Waals surface area contributed by atoms with Crippen LogP contribution in [0.5, 0.6) is 0 Å². The fourth-order valence-corrected chi connectivity index (χ4v) is 1.95. The number of rotatable bonds is 0. The number of hydrogen-bond acceptors (Lipinski definition) is 1. The number of halogens is 1. The number of hydrogen-bond donors (Lipinski definition) is 0. The van der Waals surface area contributed by atoms with E-state index in [4.69, 9.17) is 0 Å². The summed E-state index contributed by atoms with van der Waals surface area (Å²) in [6.45, 7) is 3.57. The molecule has 0 amide bonds. The molecule has 78 valence electrons. The molecule has 0 spiro atoms. The summed E-state index contributed by atoms with van der Waals surface area (Å²) in [6.07, 6.45) is 1.73. The van der Waals surface area contributed by atoms with E-state index in [0.29, 0.717) is 11.1 Å². The van der Waals surface area contributed by atoms with Crippen molar-refractivity contribution < 1.29 is 4.39 Å². The van der Waals surface area contributed by atoms with E-state index in [9.17, 15) is 9.18 Å². The van der Waals surface area contributed by atoms with Crippen molar-refractivity contribution in [1.29, 1.82) is 0 Å². The van der Waals surface area contributed by atoms with Gasteiger partial charge in [-0.3, -0.25) is 4.79 Å². The molecule has 0 bridgehead atoms. The van der Waals surface area contributed by atoms with Crippen LogP contribution in [0.4, 0.5) is 4.39 Å². The van der Waals surface area contributed by atoms with E-state index in [1.165, 1.54) is 6.07 Å². The van der Waals surface area contributed by atoms with E-state index in [1.807, 2.05) is 14.0 Å². The van der Waals surface area contributed by atoms with Crippen LogP contribution in [-0.4, -0.2) is 4.57 Å². The quantitative estimate of drug-likeness (QED) is 0.646. The summed E-state index contributed by atoms with van der Waals surface area (Å²) in [5.74, 6) is -0.445. The molecule has 3 heteroatoms. The summed E-state index contributed by atoms with van der Waals surface area (Å²) < 4.78 is 15.4. The van der Waals surface area contributed by atoms with Crippen LogP contribution in [0.15, 0.2) is 23.1 Å². The maximum absolute atomic E-state index is 13.6. The minimum absolute atomic E-state index is 0.192. The first-order valence-corrected chi connectivity index (χ1v) is 4.77. The van der Waals surface area contributed by atoms with Crippen LogP contribution < -0.4 is 5.43 Å². The van der Waals surface area contributed by atoms with Gasteiger partial charge in [-0.05, 0) is 25.5 Å². The number of nitrogens with zero attached hydrogens (tertiary/aromatic N) is 1. The van der Waals surface area contributed by atoms with Crippen molar-refractivity contribution in [2.24, 2.45) is 7.05 Å². The lowest BCUT2D eigenvalue weighted by Gasteiger charge is -2.09. The molecule has 0 aliphatic rings. The third-order valence-electron chi connectivity index (χ3n) is 2.65. The third-order valence-corrected chi connectivity index (χ3v) is 2.65. The molecular formula is C12H12FNO. The van der Waals surface area contributed by atoms with E-state index in [1.54, 1.807) is 23.8 Å². The zero-order valence-electron chi connectivity index (χ0n) is 8.97. The minimum atomic E-state index is -0.445. The zero-order chi connectivity index (χ0) is 11.2. The van der Waals surface area contributed by atoms with E-state index in [0.717, 1.165) is 5.56 Å². The molecule has 0 N–H and O–H groups in total. The second kappa shape index (κ2) is 3.19. The molecule has 0 aliphatic heterocycles. The highest BCUT2D eigenvalue weighted by Crippen LogP contribution is 2.18. The highest BCUT2D eigenvalue weighted by atomic mass is 19.1. The van der Waals surface area contributed by atoms with Gasteiger partial charge in [0.25, 0.3) is 0 Å². The van der Waals surface area contributed by atoms with Crippen LogP contribution in [0.1, 0.15) is 11.1 Å². The molecule has 2 aromatic rings. The Labute approximate surface area is 87.0 Å². The molecule has 15 heavy (non-hydrogen) atoms. The number of aromatic nitrogens is 1. The van der Waals surface area contributed by atoms with E-state index in [2.05, 4.69) is 0 Å². The molecule has 0 aliphatic carbocycles. The summed E-state index contributed by atoms with van der Waals surface area (Å²) in [7, 11) is 1.82. The van der Waals surface area contributed by atoms with Gasteiger partial charge in [0.2, 0.25) is 0 Å². The Bertz CT molecular complexity index is 599. The molecule has 2 rings (SSSR count). The molecule has 1 heterocycles. The number of aryl methyl sites for hydroxylation is 3. The summed E-state index contributed by atoms with van der Waals surface area (Å²) >= 11 is 0. The standard InChI is InChI=1S/C12H12FNO/c1-7-4-5-9(13)10-11(7)14(3)6-8(2)12(10)15/h4-6H,1-3H3. The number of fused-ring (bicyclic) bond motifs is 1. The molecule has 0 fully saturated rings. The van der Waals surface area contributed by atoms with Crippen molar-refractivity contribution in [3.05, 3.63) is 45.5 Å². The predicted molar refractivity (Wildman–Crippen MR) is 58.6 cm³/mol. The van der Waals surface area contributed by atoms with Gasteiger partial charge in [0.05, 0.1) is 10.9 Å². The fraction of sp³-hybridized carbons (Fsp3) is 0.250. The Morgan fingerprint density at radius 3 is 2.53 bits per heavy atom. The van der Waals surface area contributed by atoms with Crippen molar-refractivity contribution in [2.45, 2.75) is 13.8 Å². The van der Waals surface area contributed by atoms with Gasteiger partial charge in [-0.1, -0.05) is 6.07 Å². The van der Waals surface area contributed by atoms with Crippen molar-refractivity contribution in [3.8, 4) is 0 Å². The van der Waals surface area contributed by atoms with Gasteiger partial charge in [-0.2, -0.15) is 0 Å². The van der Waals surface area contributed by atoms with Gasteiger partial charge in [-0.25, -0.2) is 4.39 Å². The number of pyridine rings is 1. The summed E-state index contributed by atoms with van der Waals surface area (Å²) in [4.78, 5) is 11.8. The highest BCUT2D eigenvalue weighted by molar-refractivity contribution is 5.83. The minimum Gasteiger partial charge on any atom is -0.350 e. The van der Waals surface area contributed by atoms with Crippen molar-refractivity contribution in [1.82, 2.24) is 4.57 Å². The lowest BCUT2D eigenvalue weighted by atomic mass is 10.1. The van der Waals surface area contributed by atoms with Crippen LogP contribution in [0.2, 0.25) is 0 Å². The molecule has 0 unspecified atom stereocenters. The Kier molecular flexibility index (Phi) is 2.11. The maximum atomic E-state index is 13.6. The first kappa shape index (κ1) is 9.90. The summed E-state index contributed by atoms with van der Waals surface area (Å²) in [5, 5.41) is 0.192. The SMILES string of the molecule is Cc1cn(C)c2c(C)ccc(F)c2c1=O. The van der Waals surface area contributed by atoms with Crippen LogP contribution in [0, 0.1) is 19.7 Å².